The lowest BCUT2D eigenvalue weighted by molar-refractivity contribution is 0.790. The van der Waals surface area contributed by atoms with Gasteiger partial charge in [-0.1, -0.05) is 31.2 Å². The fraction of sp³-hybridized carbons (Fsp3) is 0.455. The molecule has 0 aliphatic heterocycles. The molecule has 0 aromatic heterocycles. The van der Waals surface area contributed by atoms with Crippen LogP contribution in [0, 0.1) is 0 Å². The van der Waals surface area contributed by atoms with E-state index in [1.165, 1.54) is 11.1 Å². The molecule has 0 bridgehead atoms. The highest BCUT2D eigenvalue weighted by Gasteiger charge is 2.13. The molecule has 0 spiro atoms. The van der Waals surface area contributed by atoms with Crippen LogP contribution in [0.4, 0.5) is 0 Å². The van der Waals surface area contributed by atoms with Gasteiger partial charge in [0.05, 0.1) is 0 Å². The molecule has 1 aromatic carbocycles. The molecule has 0 radical (unpaired) electrons. The molecule has 66 valence electrons. The molecule has 0 nitrogen and oxygen atoms in total. The van der Waals surface area contributed by atoms with Crippen LogP contribution in [0.25, 0.3) is 0 Å². The Balaban J connectivity index is 2.93. The predicted molar refractivity (Wildman–Crippen MR) is 57.8 cm³/mol. The lowest BCUT2D eigenvalue weighted by atomic mass is 10.0. The van der Waals surface area contributed by atoms with E-state index in [2.05, 4.69) is 57.7 Å². The van der Waals surface area contributed by atoms with Gasteiger partial charge in [-0.2, -0.15) is 12.6 Å². The molecule has 0 heterocycles. The Morgan fingerprint density at radius 1 is 1.17 bits per heavy atom. The molecule has 0 aliphatic carbocycles. The summed E-state index contributed by atoms with van der Waals surface area (Å²) in [6, 6.07) is 8.66. The summed E-state index contributed by atoms with van der Waals surface area (Å²) in [5.74, 6) is 0. The fourth-order valence-corrected chi connectivity index (χ4v) is 1.30. The molecule has 0 atom stereocenters. The van der Waals surface area contributed by atoms with Crippen LogP contribution in [0.2, 0.25) is 0 Å². The number of aryl methyl sites for hydroxylation is 1. The lowest BCUT2D eigenvalue weighted by Crippen LogP contribution is -2.07. The lowest BCUT2D eigenvalue weighted by Gasteiger charge is -2.17. The van der Waals surface area contributed by atoms with Crippen molar-refractivity contribution >= 4 is 12.6 Å². The Kier molecular flexibility index (Phi) is 2.84. The summed E-state index contributed by atoms with van der Waals surface area (Å²) in [4.78, 5) is 0. The summed E-state index contributed by atoms with van der Waals surface area (Å²) in [6.07, 6.45) is 1.10. The third kappa shape index (κ3) is 2.28. The van der Waals surface area contributed by atoms with Gasteiger partial charge in [-0.3, -0.25) is 0 Å². The van der Waals surface area contributed by atoms with Gasteiger partial charge in [-0.15, -0.1) is 0 Å². The Bertz CT molecular complexity index is 241. The van der Waals surface area contributed by atoms with Crippen LogP contribution in [-0.2, 0) is 11.2 Å². The van der Waals surface area contributed by atoms with Crippen LogP contribution in [0.5, 0.6) is 0 Å². The largest absolute Gasteiger partial charge is 0.168 e. The normalized spacial score (nSPS) is 11.7. The summed E-state index contributed by atoms with van der Waals surface area (Å²) < 4.78 is -0.0216. The van der Waals surface area contributed by atoms with Crippen LogP contribution in [0.15, 0.2) is 24.3 Å². The number of hydrogen-bond acceptors (Lipinski definition) is 1. The topological polar surface area (TPSA) is 0 Å². The predicted octanol–water partition coefficient (Wildman–Crippen LogP) is 3.41. The van der Waals surface area contributed by atoms with Gasteiger partial charge in [0.2, 0.25) is 0 Å². The van der Waals surface area contributed by atoms with Crippen molar-refractivity contribution in [2.45, 2.75) is 31.9 Å². The molecule has 0 aliphatic rings. The highest BCUT2D eigenvalue weighted by molar-refractivity contribution is 7.81. The monoisotopic (exact) mass is 180 g/mol. The minimum atomic E-state index is -0.0216. The quantitative estimate of drug-likeness (QED) is 0.662. The van der Waals surface area contributed by atoms with Gasteiger partial charge < -0.3 is 0 Å². The zero-order valence-electron chi connectivity index (χ0n) is 7.96. The zero-order valence-corrected chi connectivity index (χ0v) is 8.86. The van der Waals surface area contributed by atoms with Crippen molar-refractivity contribution < 1.29 is 0 Å². The summed E-state index contributed by atoms with van der Waals surface area (Å²) >= 11 is 4.51. The van der Waals surface area contributed by atoms with Crippen molar-refractivity contribution in [1.29, 1.82) is 0 Å². The first-order valence-corrected chi connectivity index (χ1v) is 4.80. The second-order valence-corrected chi connectivity index (χ2v) is 4.73. The van der Waals surface area contributed by atoms with E-state index in [4.69, 9.17) is 0 Å². The molecule has 1 aromatic rings. The maximum absolute atomic E-state index is 4.51. The Labute approximate surface area is 80.4 Å². The van der Waals surface area contributed by atoms with Gasteiger partial charge in [-0.05, 0) is 31.4 Å². The molecular weight excluding hydrogens is 164 g/mol. The molecule has 0 fully saturated rings. The number of benzene rings is 1. The number of thiol groups is 1. The molecule has 0 N–H and O–H groups in total. The van der Waals surface area contributed by atoms with Crippen LogP contribution in [0.1, 0.15) is 31.9 Å². The van der Waals surface area contributed by atoms with E-state index in [0.717, 1.165) is 6.42 Å². The average Bonchev–Trinajstić information content (AvgIpc) is 2.03. The molecule has 1 heteroatoms. The van der Waals surface area contributed by atoms with E-state index in [9.17, 15) is 0 Å². The molecule has 0 amide bonds. The van der Waals surface area contributed by atoms with Crippen LogP contribution in [-0.4, -0.2) is 0 Å². The first-order valence-electron chi connectivity index (χ1n) is 4.36. The van der Waals surface area contributed by atoms with Gasteiger partial charge in [0.1, 0.15) is 0 Å². The first-order chi connectivity index (χ1) is 5.54. The zero-order chi connectivity index (χ0) is 9.19. The minimum Gasteiger partial charge on any atom is -0.168 e. The molecule has 0 unspecified atom stereocenters. The minimum absolute atomic E-state index is 0.0216. The fourth-order valence-electron chi connectivity index (χ4n) is 1.15. The Morgan fingerprint density at radius 3 is 2.00 bits per heavy atom. The first kappa shape index (κ1) is 9.66. The third-order valence-electron chi connectivity index (χ3n) is 2.07. The van der Waals surface area contributed by atoms with Crippen molar-refractivity contribution in [3.05, 3.63) is 35.4 Å². The van der Waals surface area contributed by atoms with Crippen molar-refractivity contribution in [3.63, 3.8) is 0 Å². The van der Waals surface area contributed by atoms with Crippen molar-refractivity contribution in [2.24, 2.45) is 0 Å². The van der Waals surface area contributed by atoms with Gasteiger partial charge >= 0.3 is 0 Å². The molecular formula is C11H16S. The van der Waals surface area contributed by atoms with Crippen LogP contribution >= 0.6 is 12.6 Å². The standard InChI is InChI=1S/C11H16S/c1-4-9-5-7-10(8-6-9)11(2,3)12/h5-8,12H,4H2,1-3H3. The molecule has 12 heavy (non-hydrogen) atoms. The average molecular weight is 180 g/mol. The molecule has 0 saturated heterocycles. The summed E-state index contributed by atoms with van der Waals surface area (Å²) in [7, 11) is 0. The van der Waals surface area contributed by atoms with E-state index < -0.39 is 0 Å². The highest BCUT2D eigenvalue weighted by atomic mass is 32.1. The van der Waals surface area contributed by atoms with Crippen LogP contribution in [0.3, 0.4) is 0 Å². The van der Waals surface area contributed by atoms with Crippen molar-refractivity contribution in [1.82, 2.24) is 0 Å². The second kappa shape index (κ2) is 3.53. The summed E-state index contributed by atoms with van der Waals surface area (Å²) in [6.45, 7) is 6.38. The Morgan fingerprint density at radius 2 is 1.67 bits per heavy atom. The van der Waals surface area contributed by atoms with E-state index in [1.54, 1.807) is 0 Å². The SMILES string of the molecule is CCc1ccc(C(C)(C)S)cc1. The van der Waals surface area contributed by atoms with Crippen molar-refractivity contribution in [3.8, 4) is 0 Å². The number of rotatable bonds is 2. The van der Waals surface area contributed by atoms with Crippen molar-refractivity contribution in [2.75, 3.05) is 0 Å². The summed E-state index contributed by atoms with van der Waals surface area (Å²) in [5, 5.41) is 0. The van der Waals surface area contributed by atoms with Crippen LogP contribution < -0.4 is 0 Å². The van der Waals surface area contributed by atoms with E-state index >= 15 is 0 Å². The van der Waals surface area contributed by atoms with Gasteiger partial charge in [0.15, 0.2) is 0 Å². The maximum atomic E-state index is 4.51. The van der Waals surface area contributed by atoms with Gasteiger partial charge in [-0.25, -0.2) is 0 Å². The van der Waals surface area contributed by atoms with Gasteiger partial charge in [0, 0.05) is 4.75 Å². The molecule has 1 rings (SSSR count). The summed E-state index contributed by atoms with van der Waals surface area (Å²) in [5.41, 5.74) is 2.67. The van der Waals surface area contributed by atoms with E-state index in [-0.39, 0.29) is 4.75 Å². The highest BCUT2D eigenvalue weighted by Crippen LogP contribution is 2.26. The van der Waals surface area contributed by atoms with E-state index in [1.807, 2.05) is 0 Å². The third-order valence-corrected chi connectivity index (χ3v) is 2.33. The maximum Gasteiger partial charge on any atom is 0.0322 e. The smallest absolute Gasteiger partial charge is 0.0322 e. The number of hydrogen-bond donors (Lipinski definition) is 1. The molecule has 0 saturated carbocycles. The Hall–Kier alpha value is -0.430. The van der Waals surface area contributed by atoms with Gasteiger partial charge in [0.25, 0.3) is 0 Å². The van der Waals surface area contributed by atoms with E-state index in [0.29, 0.717) is 0 Å². The second-order valence-electron chi connectivity index (χ2n) is 3.61.